The first-order valence-electron chi connectivity index (χ1n) is 10.5. The number of ether oxygens (including phenoxy) is 1. The first-order valence-corrected chi connectivity index (χ1v) is 10.5. The Morgan fingerprint density at radius 1 is 1.26 bits per heavy atom. The molecule has 2 aromatic rings. The lowest BCUT2D eigenvalue weighted by molar-refractivity contribution is -0.0578. The molecule has 0 bridgehead atoms. The van der Waals surface area contributed by atoms with E-state index in [0.29, 0.717) is 35.1 Å². The lowest BCUT2D eigenvalue weighted by atomic mass is 10.0. The van der Waals surface area contributed by atoms with Crippen molar-refractivity contribution < 1.29 is 17.9 Å². The summed E-state index contributed by atoms with van der Waals surface area (Å²) in [6, 6.07) is 3.32. The highest BCUT2D eigenvalue weighted by Crippen LogP contribution is 2.27. The molecule has 0 spiro atoms. The summed E-state index contributed by atoms with van der Waals surface area (Å²) in [6.45, 7) is 7.55. The van der Waals surface area contributed by atoms with Crippen LogP contribution >= 0.6 is 0 Å². The summed E-state index contributed by atoms with van der Waals surface area (Å²) < 4.78 is 44.8. The Hall–Kier alpha value is -4.21. The van der Waals surface area contributed by atoms with E-state index in [-0.39, 0.29) is 18.2 Å². The van der Waals surface area contributed by atoms with E-state index in [1.165, 1.54) is 7.05 Å². The number of rotatable bonds is 8. The van der Waals surface area contributed by atoms with E-state index >= 15 is 0 Å². The number of pyridine rings is 1. The van der Waals surface area contributed by atoms with Crippen LogP contribution in [-0.2, 0) is 6.54 Å². The van der Waals surface area contributed by atoms with Crippen LogP contribution in [0.3, 0.4) is 0 Å². The van der Waals surface area contributed by atoms with E-state index < -0.39 is 17.5 Å². The zero-order valence-corrected chi connectivity index (χ0v) is 19.9. The molecular weight excluding hydrogens is 463 g/mol. The molecule has 2 aromatic heterocycles. The van der Waals surface area contributed by atoms with Gasteiger partial charge in [-0.2, -0.15) is 23.5 Å². The average molecular weight is 490 g/mol. The fourth-order valence-electron chi connectivity index (χ4n) is 3.03. The van der Waals surface area contributed by atoms with Gasteiger partial charge in [-0.3, -0.25) is 5.41 Å². The second-order valence-electron chi connectivity index (χ2n) is 7.30. The molecule has 0 fully saturated rings. The van der Waals surface area contributed by atoms with Crippen molar-refractivity contribution in [2.24, 2.45) is 4.99 Å². The number of nitriles is 1. The fourth-order valence-corrected chi connectivity index (χ4v) is 3.03. The molecule has 13 heteroatoms. The predicted molar refractivity (Wildman–Crippen MR) is 126 cm³/mol. The molecule has 2 heterocycles. The van der Waals surface area contributed by atoms with Gasteiger partial charge in [0.1, 0.15) is 5.71 Å². The van der Waals surface area contributed by atoms with E-state index in [2.05, 4.69) is 36.1 Å². The number of halogens is 3. The molecule has 0 aliphatic heterocycles. The molecule has 0 saturated carbocycles. The normalized spacial score (nSPS) is 12.1. The molecule has 35 heavy (non-hydrogen) atoms. The van der Waals surface area contributed by atoms with Gasteiger partial charge in [-0.25, -0.2) is 4.98 Å². The van der Waals surface area contributed by atoms with E-state index in [0.717, 1.165) is 11.8 Å². The number of hydrogen-bond donors (Lipinski definition) is 4. The standard InChI is InChI=1S/C22H26F3N9O/c1-6-35-20-14(4)17(8-13(3)31-20)32-21(30-11-26)29-9-15-7-12(2)18(34-33-15)16(10-28-5)19(27)22(23,24)25/h7-8,10,27-28H,6,9H2,1-5H3,(H2,29,30,31,32)/b16-10-,27-19?. The Bertz CT molecular complexity index is 1180. The summed E-state index contributed by atoms with van der Waals surface area (Å²) in [5.74, 6) is 0.583. The fraction of sp³-hybridized carbons (Fsp3) is 0.364. The maximum absolute atomic E-state index is 13.1. The SMILES string of the molecule is CCOc1nc(C)cc(N/C(=N/C#N)NCc2cc(C)c(/C(=C/NC)C(=N)C(F)(F)F)nn2)c1C. The third-order valence-corrected chi connectivity index (χ3v) is 4.62. The van der Waals surface area contributed by atoms with Crippen molar-refractivity contribution in [3.63, 3.8) is 0 Å². The number of hydrogen-bond acceptors (Lipinski definition) is 8. The monoisotopic (exact) mass is 489 g/mol. The van der Waals surface area contributed by atoms with Crippen molar-refractivity contribution in [1.29, 1.82) is 10.7 Å². The summed E-state index contributed by atoms with van der Waals surface area (Å²) in [5.41, 5.74) is 0.808. The Labute approximate surface area is 200 Å². The lowest BCUT2D eigenvalue weighted by Crippen LogP contribution is -2.31. The number of allylic oxidation sites excluding steroid dienone is 1. The minimum atomic E-state index is -4.84. The van der Waals surface area contributed by atoms with Gasteiger partial charge >= 0.3 is 6.18 Å². The zero-order valence-electron chi connectivity index (χ0n) is 19.9. The molecule has 0 aliphatic rings. The third-order valence-electron chi connectivity index (χ3n) is 4.62. The lowest BCUT2D eigenvalue weighted by Gasteiger charge is -2.16. The van der Waals surface area contributed by atoms with Crippen LogP contribution in [0, 0.1) is 37.6 Å². The van der Waals surface area contributed by atoms with Crippen LogP contribution in [0.4, 0.5) is 18.9 Å². The van der Waals surface area contributed by atoms with E-state index in [9.17, 15) is 13.2 Å². The molecule has 186 valence electrons. The van der Waals surface area contributed by atoms with Crippen LogP contribution in [0.2, 0.25) is 0 Å². The van der Waals surface area contributed by atoms with Crippen molar-refractivity contribution in [3.8, 4) is 12.1 Å². The Morgan fingerprint density at radius 3 is 2.54 bits per heavy atom. The zero-order chi connectivity index (χ0) is 26.2. The topological polar surface area (TPSA) is 144 Å². The number of anilines is 1. The van der Waals surface area contributed by atoms with Crippen molar-refractivity contribution in [2.75, 3.05) is 19.0 Å². The van der Waals surface area contributed by atoms with Gasteiger partial charge in [0.2, 0.25) is 18.0 Å². The summed E-state index contributed by atoms with van der Waals surface area (Å²) >= 11 is 0. The van der Waals surface area contributed by atoms with E-state index in [1.54, 1.807) is 32.2 Å². The summed E-state index contributed by atoms with van der Waals surface area (Å²) in [4.78, 5) is 8.09. The number of aromatic nitrogens is 3. The Kier molecular flexibility index (Phi) is 9.10. The van der Waals surface area contributed by atoms with E-state index in [4.69, 9.17) is 15.4 Å². The molecule has 4 N–H and O–H groups in total. The highest BCUT2D eigenvalue weighted by Gasteiger charge is 2.38. The number of aryl methyl sites for hydroxylation is 2. The van der Waals surface area contributed by atoms with Crippen molar-refractivity contribution in [3.05, 3.63) is 46.5 Å². The number of aliphatic imine (C=N–C) groups is 1. The first kappa shape index (κ1) is 27.0. The minimum Gasteiger partial charge on any atom is -0.478 e. The summed E-state index contributed by atoms with van der Waals surface area (Å²) in [5, 5.41) is 32.9. The molecule has 0 saturated heterocycles. The molecule has 0 unspecified atom stereocenters. The second kappa shape index (κ2) is 11.8. The predicted octanol–water partition coefficient (Wildman–Crippen LogP) is 3.38. The van der Waals surface area contributed by atoms with Gasteiger partial charge in [0.25, 0.3) is 0 Å². The molecule has 0 amide bonds. The maximum Gasteiger partial charge on any atom is 0.433 e. The first-order chi connectivity index (χ1) is 16.5. The van der Waals surface area contributed by atoms with Gasteiger partial charge in [-0.15, -0.1) is 10.1 Å². The third kappa shape index (κ3) is 7.13. The van der Waals surface area contributed by atoms with Gasteiger partial charge in [-0.1, -0.05) is 0 Å². The van der Waals surface area contributed by atoms with Crippen molar-refractivity contribution >= 4 is 22.9 Å². The second-order valence-corrected chi connectivity index (χ2v) is 7.30. The van der Waals surface area contributed by atoms with Gasteiger partial charge in [0.15, 0.2) is 0 Å². The van der Waals surface area contributed by atoms with Crippen LogP contribution in [-0.4, -0.2) is 46.7 Å². The molecule has 10 nitrogen and oxygen atoms in total. The van der Waals surface area contributed by atoms with Crippen LogP contribution in [0.25, 0.3) is 5.57 Å². The van der Waals surface area contributed by atoms with Gasteiger partial charge in [0.05, 0.1) is 30.2 Å². The van der Waals surface area contributed by atoms with Crippen LogP contribution in [0.5, 0.6) is 5.88 Å². The molecule has 0 aromatic carbocycles. The van der Waals surface area contributed by atoms with Crippen LogP contribution < -0.4 is 20.7 Å². The quantitative estimate of drug-likeness (QED) is 0.251. The van der Waals surface area contributed by atoms with Crippen molar-refractivity contribution in [1.82, 2.24) is 25.8 Å². The Balaban J connectivity index is 2.24. The summed E-state index contributed by atoms with van der Waals surface area (Å²) in [6.07, 6.45) is -2.07. The maximum atomic E-state index is 13.1. The van der Waals surface area contributed by atoms with E-state index in [1.807, 2.05) is 13.8 Å². The van der Waals surface area contributed by atoms with Crippen molar-refractivity contribution in [2.45, 2.75) is 40.4 Å². The molecule has 2 rings (SSSR count). The number of alkyl halides is 3. The smallest absolute Gasteiger partial charge is 0.433 e. The molecule has 0 atom stereocenters. The average Bonchev–Trinajstić information content (AvgIpc) is 2.78. The van der Waals surface area contributed by atoms with Crippen LogP contribution in [0.1, 0.15) is 35.1 Å². The highest BCUT2D eigenvalue weighted by atomic mass is 19.4. The van der Waals surface area contributed by atoms with Gasteiger partial charge in [-0.05, 0) is 45.4 Å². The number of guanidine groups is 1. The minimum absolute atomic E-state index is 0.0687. The summed E-state index contributed by atoms with van der Waals surface area (Å²) in [7, 11) is 1.43. The Morgan fingerprint density at radius 2 is 1.97 bits per heavy atom. The van der Waals surface area contributed by atoms with Gasteiger partial charge in [0, 0.05) is 30.1 Å². The van der Waals surface area contributed by atoms with Crippen LogP contribution in [0.15, 0.2) is 23.3 Å². The number of nitrogens with one attached hydrogen (secondary N) is 4. The molecule has 0 aliphatic carbocycles. The molecular formula is C22H26F3N9O. The number of nitrogens with zero attached hydrogens (tertiary/aromatic N) is 5. The van der Waals surface area contributed by atoms with Gasteiger partial charge < -0.3 is 20.7 Å². The largest absolute Gasteiger partial charge is 0.478 e. The highest BCUT2D eigenvalue weighted by molar-refractivity contribution is 6.24. The molecule has 0 radical (unpaired) electrons.